The summed E-state index contributed by atoms with van der Waals surface area (Å²) in [6, 6.07) is 8.13. The molecule has 5 nitrogen and oxygen atoms in total. The van der Waals surface area contributed by atoms with Crippen LogP contribution in [-0.2, 0) is 10.0 Å². The molecule has 0 aliphatic carbocycles. The molecule has 1 unspecified atom stereocenters. The number of aromatic nitrogens is 1. The second-order valence-electron chi connectivity index (χ2n) is 4.52. The molecule has 3 N–H and O–H groups in total. The van der Waals surface area contributed by atoms with Gasteiger partial charge in [0.05, 0.1) is 10.4 Å². The molecule has 6 heteroatoms. The van der Waals surface area contributed by atoms with Crippen LogP contribution in [-0.4, -0.2) is 19.4 Å². The first-order valence-electron chi connectivity index (χ1n) is 6.11. The van der Waals surface area contributed by atoms with Gasteiger partial charge < -0.3 is 5.73 Å². The number of nitrogens with zero attached hydrogens (tertiary/aromatic N) is 1. The zero-order valence-corrected chi connectivity index (χ0v) is 11.7. The van der Waals surface area contributed by atoms with Gasteiger partial charge in [0, 0.05) is 11.4 Å². The number of rotatable bonds is 4. The van der Waals surface area contributed by atoms with Crippen LogP contribution < -0.4 is 10.5 Å². The van der Waals surface area contributed by atoms with Crippen molar-refractivity contribution >= 4 is 26.7 Å². The highest BCUT2D eigenvalue weighted by molar-refractivity contribution is 7.89. The second-order valence-corrected chi connectivity index (χ2v) is 6.24. The van der Waals surface area contributed by atoms with Gasteiger partial charge in [-0.1, -0.05) is 6.92 Å². The fourth-order valence-corrected chi connectivity index (χ4v) is 3.06. The third-order valence-corrected chi connectivity index (χ3v) is 4.55. The summed E-state index contributed by atoms with van der Waals surface area (Å²) in [7, 11) is -3.48. The monoisotopic (exact) mass is 279 g/mol. The molecule has 0 spiro atoms. The number of fused-ring (bicyclic) bond motifs is 1. The molecule has 0 radical (unpaired) electrons. The smallest absolute Gasteiger partial charge is 0.240 e. The lowest BCUT2D eigenvalue weighted by atomic mass is 10.2. The molecule has 1 heterocycles. The van der Waals surface area contributed by atoms with Crippen LogP contribution in [0.5, 0.6) is 0 Å². The van der Waals surface area contributed by atoms with E-state index >= 15 is 0 Å². The van der Waals surface area contributed by atoms with Gasteiger partial charge in [-0.2, -0.15) is 0 Å². The van der Waals surface area contributed by atoms with E-state index in [9.17, 15) is 8.42 Å². The van der Waals surface area contributed by atoms with E-state index < -0.39 is 10.0 Å². The van der Waals surface area contributed by atoms with Crippen molar-refractivity contribution in [2.24, 2.45) is 0 Å². The van der Waals surface area contributed by atoms with Gasteiger partial charge in [-0.15, -0.1) is 0 Å². The standard InChI is InChI=1S/C13H17N3O2S/c1-3-9(2)16-19(17,18)11-5-6-12-10(8-11)4-7-13(14)15-12/h4-9,16H,3H2,1-2H3,(H2,14,15). The van der Waals surface area contributed by atoms with Gasteiger partial charge in [0.15, 0.2) is 0 Å². The van der Waals surface area contributed by atoms with Gasteiger partial charge in [0.1, 0.15) is 5.82 Å². The van der Waals surface area contributed by atoms with Gasteiger partial charge in [-0.25, -0.2) is 18.1 Å². The van der Waals surface area contributed by atoms with Crippen molar-refractivity contribution in [2.75, 3.05) is 5.73 Å². The molecule has 0 saturated heterocycles. The van der Waals surface area contributed by atoms with Gasteiger partial charge in [-0.3, -0.25) is 0 Å². The Morgan fingerprint density at radius 2 is 2.05 bits per heavy atom. The van der Waals surface area contributed by atoms with Crippen molar-refractivity contribution in [3.8, 4) is 0 Å². The Balaban J connectivity index is 2.43. The number of hydrogen-bond acceptors (Lipinski definition) is 4. The quantitative estimate of drug-likeness (QED) is 0.895. The molecule has 0 saturated carbocycles. The Morgan fingerprint density at radius 1 is 1.32 bits per heavy atom. The van der Waals surface area contributed by atoms with Crippen molar-refractivity contribution in [1.29, 1.82) is 0 Å². The molecule has 0 fully saturated rings. The number of hydrogen-bond donors (Lipinski definition) is 2. The SMILES string of the molecule is CCC(C)NS(=O)(=O)c1ccc2nc(N)ccc2c1. The van der Waals surface area contributed by atoms with E-state index in [1.165, 1.54) is 0 Å². The molecule has 0 amide bonds. The number of nitrogen functional groups attached to an aromatic ring is 1. The van der Waals surface area contributed by atoms with E-state index in [1.54, 1.807) is 30.3 Å². The van der Waals surface area contributed by atoms with E-state index in [-0.39, 0.29) is 10.9 Å². The molecule has 0 bridgehead atoms. The topological polar surface area (TPSA) is 85.1 Å². The lowest BCUT2D eigenvalue weighted by Gasteiger charge is -2.12. The minimum Gasteiger partial charge on any atom is -0.384 e. The van der Waals surface area contributed by atoms with Gasteiger partial charge in [-0.05, 0) is 43.7 Å². The number of pyridine rings is 1. The van der Waals surface area contributed by atoms with Gasteiger partial charge in [0.25, 0.3) is 0 Å². The van der Waals surface area contributed by atoms with Crippen molar-refractivity contribution in [1.82, 2.24) is 9.71 Å². The van der Waals surface area contributed by atoms with Gasteiger partial charge >= 0.3 is 0 Å². The predicted molar refractivity (Wildman–Crippen MR) is 76.2 cm³/mol. The highest BCUT2D eigenvalue weighted by Crippen LogP contribution is 2.19. The zero-order valence-electron chi connectivity index (χ0n) is 10.9. The molecule has 1 aromatic carbocycles. The Kier molecular flexibility index (Phi) is 3.73. The molecule has 19 heavy (non-hydrogen) atoms. The maximum absolute atomic E-state index is 12.2. The summed E-state index contributed by atoms with van der Waals surface area (Å²) >= 11 is 0. The van der Waals surface area contributed by atoms with Crippen LogP contribution in [0.1, 0.15) is 20.3 Å². The molecule has 2 rings (SSSR count). The summed E-state index contributed by atoms with van der Waals surface area (Å²) in [4.78, 5) is 4.38. The van der Waals surface area contributed by atoms with Gasteiger partial charge in [0.2, 0.25) is 10.0 Å². The van der Waals surface area contributed by atoms with Crippen molar-refractivity contribution in [3.05, 3.63) is 30.3 Å². The number of anilines is 1. The average Bonchev–Trinajstić information content (AvgIpc) is 2.37. The second kappa shape index (κ2) is 5.14. The fraction of sp³-hybridized carbons (Fsp3) is 0.308. The Labute approximate surface area is 112 Å². The summed E-state index contributed by atoms with van der Waals surface area (Å²) in [6.45, 7) is 3.77. The van der Waals surface area contributed by atoms with E-state index in [0.29, 0.717) is 11.3 Å². The summed E-state index contributed by atoms with van der Waals surface area (Å²) in [6.07, 6.45) is 0.741. The van der Waals surface area contributed by atoms with E-state index in [1.807, 2.05) is 13.8 Å². The third-order valence-electron chi connectivity index (χ3n) is 2.96. The Bertz CT molecular complexity index is 698. The number of nitrogens with two attached hydrogens (primary N) is 1. The number of benzene rings is 1. The Hall–Kier alpha value is -1.66. The lowest BCUT2D eigenvalue weighted by Crippen LogP contribution is -2.31. The average molecular weight is 279 g/mol. The van der Waals surface area contributed by atoms with Crippen LogP contribution in [0.2, 0.25) is 0 Å². The molecule has 1 aromatic heterocycles. The first-order chi connectivity index (χ1) is 8.92. The minimum atomic E-state index is -3.48. The molecule has 1 atom stereocenters. The lowest BCUT2D eigenvalue weighted by molar-refractivity contribution is 0.556. The first kappa shape index (κ1) is 13.8. The van der Waals surface area contributed by atoms with Crippen LogP contribution in [0.25, 0.3) is 10.9 Å². The minimum absolute atomic E-state index is 0.0924. The van der Waals surface area contributed by atoms with Crippen molar-refractivity contribution < 1.29 is 8.42 Å². The molecule has 2 aromatic rings. The van der Waals surface area contributed by atoms with Crippen LogP contribution in [0.3, 0.4) is 0 Å². The van der Waals surface area contributed by atoms with E-state index in [0.717, 1.165) is 11.8 Å². The first-order valence-corrected chi connectivity index (χ1v) is 7.59. The summed E-state index contributed by atoms with van der Waals surface area (Å²) in [5, 5.41) is 0.751. The predicted octanol–water partition coefficient (Wildman–Crippen LogP) is 1.89. The van der Waals surface area contributed by atoms with Crippen LogP contribution >= 0.6 is 0 Å². The van der Waals surface area contributed by atoms with Crippen LogP contribution in [0.15, 0.2) is 35.2 Å². The Morgan fingerprint density at radius 3 is 2.74 bits per heavy atom. The number of sulfonamides is 1. The zero-order chi connectivity index (χ0) is 14.0. The van der Waals surface area contributed by atoms with Crippen molar-refractivity contribution in [2.45, 2.75) is 31.2 Å². The van der Waals surface area contributed by atoms with Crippen LogP contribution in [0.4, 0.5) is 5.82 Å². The van der Waals surface area contributed by atoms with Crippen LogP contribution in [0, 0.1) is 0 Å². The molecule has 0 aliphatic rings. The van der Waals surface area contributed by atoms with Crippen molar-refractivity contribution in [3.63, 3.8) is 0 Å². The summed E-state index contributed by atoms with van der Waals surface area (Å²) < 4.78 is 26.9. The molecular formula is C13H17N3O2S. The fourth-order valence-electron chi connectivity index (χ4n) is 1.70. The normalized spacial score (nSPS) is 13.6. The third kappa shape index (κ3) is 3.02. The maximum atomic E-state index is 12.2. The molecule has 102 valence electrons. The highest BCUT2D eigenvalue weighted by Gasteiger charge is 2.16. The summed E-state index contributed by atoms with van der Waals surface area (Å²) in [5.74, 6) is 0.417. The maximum Gasteiger partial charge on any atom is 0.240 e. The van der Waals surface area contributed by atoms with E-state index in [4.69, 9.17) is 5.73 Å². The highest BCUT2D eigenvalue weighted by atomic mass is 32.2. The largest absolute Gasteiger partial charge is 0.384 e. The molecular weight excluding hydrogens is 262 g/mol. The molecule has 0 aliphatic heterocycles. The summed E-state index contributed by atoms with van der Waals surface area (Å²) in [5.41, 5.74) is 6.27. The number of nitrogens with one attached hydrogen (secondary N) is 1. The van der Waals surface area contributed by atoms with E-state index in [2.05, 4.69) is 9.71 Å².